The maximum Gasteiger partial charge on any atom is 0.416 e. The monoisotopic (exact) mass is 298 g/mol. The zero-order valence-corrected chi connectivity index (χ0v) is 11.5. The molecule has 0 aromatic heterocycles. The molecule has 2 aromatic carbocycles. The number of benzene rings is 2. The highest BCUT2D eigenvalue weighted by molar-refractivity contribution is 7.98. The van der Waals surface area contributed by atoms with Crippen LogP contribution in [0.4, 0.5) is 13.2 Å². The van der Waals surface area contributed by atoms with Crippen molar-refractivity contribution in [2.45, 2.75) is 17.2 Å². The molecule has 0 aliphatic rings. The Balaban J connectivity index is 2.22. The van der Waals surface area contributed by atoms with Gasteiger partial charge in [0.25, 0.3) is 0 Å². The number of hydrogen-bond acceptors (Lipinski definition) is 2. The molecule has 0 fully saturated rings. The number of aliphatic hydroxyl groups excluding tert-OH is 1. The molecule has 5 heteroatoms. The van der Waals surface area contributed by atoms with Crippen LogP contribution in [-0.4, -0.2) is 11.4 Å². The predicted molar refractivity (Wildman–Crippen MR) is 73.7 cm³/mol. The Morgan fingerprint density at radius 2 is 1.35 bits per heavy atom. The van der Waals surface area contributed by atoms with E-state index < -0.39 is 17.8 Å². The number of alkyl halides is 3. The summed E-state index contributed by atoms with van der Waals surface area (Å²) in [6, 6.07) is 11.8. The van der Waals surface area contributed by atoms with Gasteiger partial charge in [0.2, 0.25) is 0 Å². The molecule has 0 saturated carbocycles. The molecule has 106 valence electrons. The van der Waals surface area contributed by atoms with Gasteiger partial charge in [0.15, 0.2) is 0 Å². The van der Waals surface area contributed by atoms with Gasteiger partial charge in [-0.2, -0.15) is 13.2 Å². The number of halogens is 3. The number of aliphatic hydroxyl groups is 1. The lowest BCUT2D eigenvalue weighted by Crippen LogP contribution is -2.06. The molecule has 1 nitrogen and oxygen atoms in total. The van der Waals surface area contributed by atoms with E-state index in [0.717, 1.165) is 17.0 Å². The highest BCUT2D eigenvalue weighted by Gasteiger charge is 2.30. The third-order valence-electron chi connectivity index (χ3n) is 2.99. The lowest BCUT2D eigenvalue weighted by Gasteiger charge is -2.13. The van der Waals surface area contributed by atoms with E-state index >= 15 is 0 Å². The Morgan fingerprint density at radius 3 is 1.75 bits per heavy atom. The minimum Gasteiger partial charge on any atom is -0.384 e. The van der Waals surface area contributed by atoms with Gasteiger partial charge in [0.05, 0.1) is 5.56 Å². The Hall–Kier alpha value is -1.46. The molecule has 1 atom stereocenters. The average Bonchev–Trinajstić information content (AvgIpc) is 2.46. The molecule has 2 rings (SSSR count). The maximum absolute atomic E-state index is 12.5. The van der Waals surface area contributed by atoms with Crippen LogP contribution in [-0.2, 0) is 6.18 Å². The summed E-state index contributed by atoms with van der Waals surface area (Å²) in [5, 5.41) is 10.2. The summed E-state index contributed by atoms with van der Waals surface area (Å²) < 4.78 is 37.4. The molecule has 1 unspecified atom stereocenters. The molecule has 0 bridgehead atoms. The third-order valence-corrected chi connectivity index (χ3v) is 3.73. The Bertz CT molecular complexity index is 561. The van der Waals surface area contributed by atoms with E-state index in [1.165, 1.54) is 12.1 Å². The number of hydrogen-bond donors (Lipinski definition) is 1. The summed E-state index contributed by atoms with van der Waals surface area (Å²) in [7, 11) is 0. The summed E-state index contributed by atoms with van der Waals surface area (Å²) in [6.45, 7) is 0. The second-order valence-corrected chi connectivity index (χ2v) is 5.18. The predicted octanol–water partition coefficient (Wildman–Crippen LogP) is 4.51. The molecule has 1 N–H and O–H groups in total. The molecule has 20 heavy (non-hydrogen) atoms. The molecular formula is C15H13F3OS. The molecule has 0 aliphatic carbocycles. The third kappa shape index (κ3) is 3.35. The summed E-state index contributed by atoms with van der Waals surface area (Å²) in [5.74, 6) is 0. The summed E-state index contributed by atoms with van der Waals surface area (Å²) in [6.07, 6.45) is -3.33. The fourth-order valence-electron chi connectivity index (χ4n) is 1.83. The first-order valence-electron chi connectivity index (χ1n) is 5.91. The van der Waals surface area contributed by atoms with E-state index in [1.54, 1.807) is 23.9 Å². The van der Waals surface area contributed by atoms with Gasteiger partial charge in [-0.15, -0.1) is 11.8 Å². The van der Waals surface area contributed by atoms with Crippen LogP contribution >= 0.6 is 11.8 Å². The normalized spacial score (nSPS) is 13.2. The topological polar surface area (TPSA) is 20.2 Å². The van der Waals surface area contributed by atoms with Crippen molar-refractivity contribution in [2.24, 2.45) is 0 Å². The second-order valence-electron chi connectivity index (χ2n) is 4.30. The molecule has 0 aliphatic heterocycles. The van der Waals surface area contributed by atoms with Crippen LogP contribution in [0.3, 0.4) is 0 Å². The van der Waals surface area contributed by atoms with E-state index in [4.69, 9.17) is 0 Å². The number of rotatable bonds is 3. The van der Waals surface area contributed by atoms with Crippen molar-refractivity contribution < 1.29 is 18.3 Å². The van der Waals surface area contributed by atoms with Gasteiger partial charge < -0.3 is 5.11 Å². The van der Waals surface area contributed by atoms with Crippen molar-refractivity contribution in [3.05, 3.63) is 65.2 Å². The zero-order chi connectivity index (χ0) is 14.8. The van der Waals surface area contributed by atoms with Crippen molar-refractivity contribution in [2.75, 3.05) is 6.26 Å². The SMILES string of the molecule is CSc1ccc(C(O)c2ccc(C(F)(F)F)cc2)cc1. The van der Waals surface area contributed by atoms with Crippen molar-refractivity contribution >= 4 is 11.8 Å². The molecule has 2 aromatic rings. The summed E-state index contributed by atoms with van der Waals surface area (Å²) in [5.41, 5.74) is 0.378. The quantitative estimate of drug-likeness (QED) is 0.841. The Kier molecular flexibility index (Phi) is 4.40. The standard InChI is InChI=1S/C15H13F3OS/c1-20-13-8-4-11(5-9-13)14(19)10-2-6-12(7-3-10)15(16,17)18/h2-9,14,19H,1H3. The van der Waals surface area contributed by atoms with Gasteiger partial charge in [-0.25, -0.2) is 0 Å². The maximum atomic E-state index is 12.5. The van der Waals surface area contributed by atoms with Gasteiger partial charge in [-0.05, 0) is 41.6 Å². The van der Waals surface area contributed by atoms with E-state index in [-0.39, 0.29) is 0 Å². The molecule has 0 radical (unpaired) electrons. The average molecular weight is 298 g/mol. The van der Waals surface area contributed by atoms with Crippen molar-refractivity contribution in [3.8, 4) is 0 Å². The Labute approximate surface area is 119 Å². The van der Waals surface area contributed by atoms with Crippen LogP contribution in [0.2, 0.25) is 0 Å². The summed E-state index contributed by atoms with van der Waals surface area (Å²) in [4.78, 5) is 1.06. The van der Waals surface area contributed by atoms with Crippen molar-refractivity contribution in [1.29, 1.82) is 0 Å². The lowest BCUT2D eigenvalue weighted by molar-refractivity contribution is -0.137. The fourth-order valence-corrected chi connectivity index (χ4v) is 2.24. The highest BCUT2D eigenvalue weighted by Crippen LogP contribution is 2.31. The minimum atomic E-state index is -4.36. The van der Waals surface area contributed by atoms with Gasteiger partial charge in [0, 0.05) is 4.90 Å². The van der Waals surface area contributed by atoms with Crippen LogP contribution in [0, 0.1) is 0 Å². The largest absolute Gasteiger partial charge is 0.416 e. The zero-order valence-electron chi connectivity index (χ0n) is 10.7. The summed E-state index contributed by atoms with van der Waals surface area (Å²) >= 11 is 1.58. The molecule has 0 heterocycles. The van der Waals surface area contributed by atoms with E-state index in [2.05, 4.69) is 0 Å². The van der Waals surface area contributed by atoms with Gasteiger partial charge in [-0.1, -0.05) is 24.3 Å². The van der Waals surface area contributed by atoms with E-state index in [9.17, 15) is 18.3 Å². The van der Waals surface area contributed by atoms with Gasteiger partial charge >= 0.3 is 6.18 Å². The van der Waals surface area contributed by atoms with Crippen LogP contribution in [0.1, 0.15) is 22.8 Å². The van der Waals surface area contributed by atoms with Crippen molar-refractivity contribution in [1.82, 2.24) is 0 Å². The minimum absolute atomic E-state index is 0.440. The molecule has 0 spiro atoms. The van der Waals surface area contributed by atoms with E-state index in [0.29, 0.717) is 11.1 Å². The van der Waals surface area contributed by atoms with Gasteiger partial charge in [0.1, 0.15) is 6.10 Å². The van der Waals surface area contributed by atoms with Crippen LogP contribution < -0.4 is 0 Å². The van der Waals surface area contributed by atoms with Crippen LogP contribution in [0.25, 0.3) is 0 Å². The number of thioether (sulfide) groups is 1. The fraction of sp³-hybridized carbons (Fsp3) is 0.200. The van der Waals surface area contributed by atoms with E-state index in [1.807, 2.05) is 18.4 Å². The molecule has 0 amide bonds. The Morgan fingerprint density at radius 1 is 0.900 bits per heavy atom. The lowest BCUT2D eigenvalue weighted by atomic mass is 10.0. The molecule has 0 saturated heterocycles. The first-order chi connectivity index (χ1) is 9.41. The van der Waals surface area contributed by atoms with Crippen molar-refractivity contribution in [3.63, 3.8) is 0 Å². The molecular weight excluding hydrogens is 285 g/mol. The first kappa shape index (κ1) is 14.9. The first-order valence-corrected chi connectivity index (χ1v) is 7.13. The smallest absolute Gasteiger partial charge is 0.384 e. The van der Waals surface area contributed by atoms with Gasteiger partial charge in [-0.3, -0.25) is 0 Å². The van der Waals surface area contributed by atoms with Crippen LogP contribution in [0.15, 0.2) is 53.4 Å². The second kappa shape index (κ2) is 5.89. The van der Waals surface area contributed by atoms with Crippen LogP contribution in [0.5, 0.6) is 0 Å². The highest BCUT2D eigenvalue weighted by atomic mass is 32.2.